The normalized spacial score (nSPS) is 11.4. The maximum atomic E-state index is 13.2. The van der Waals surface area contributed by atoms with Crippen LogP contribution in [0.5, 0.6) is 17.4 Å². The van der Waals surface area contributed by atoms with Crippen molar-refractivity contribution in [3.63, 3.8) is 0 Å². The molecule has 0 spiro atoms. The van der Waals surface area contributed by atoms with Crippen molar-refractivity contribution in [2.45, 2.75) is 33.1 Å². The van der Waals surface area contributed by atoms with E-state index in [1.54, 1.807) is 32.2 Å². The van der Waals surface area contributed by atoms with E-state index in [0.29, 0.717) is 40.9 Å². The van der Waals surface area contributed by atoms with Crippen LogP contribution in [-0.4, -0.2) is 14.8 Å². The van der Waals surface area contributed by atoms with E-state index in [9.17, 15) is 18.0 Å². The minimum absolute atomic E-state index is 0.160. The molecule has 0 aliphatic carbocycles. The monoisotopic (exact) mass is 529 g/mol. The smallest absolute Gasteiger partial charge is 0.417 e. The fourth-order valence-electron chi connectivity index (χ4n) is 3.84. The molecule has 0 fully saturated rings. The number of pyridine rings is 1. The molecule has 37 heavy (non-hydrogen) atoms. The number of aromatic nitrogens is 3. The van der Waals surface area contributed by atoms with Crippen LogP contribution in [0.15, 0.2) is 65.6 Å². The van der Waals surface area contributed by atoms with Gasteiger partial charge in [-0.1, -0.05) is 54.9 Å². The Bertz CT molecular complexity index is 1490. The predicted octanol–water partition coefficient (Wildman–Crippen LogP) is 6.76. The summed E-state index contributed by atoms with van der Waals surface area (Å²) in [4.78, 5) is 16.9. The molecule has 4 rings (SSSR count). The summed E-state index contributed by atoms with van der Waals surface area (Å²) in [7, 11) is 1.57. The van der Waals surface area contributed by atoms with Crippen molar-refractivity contribution in [3.8, 4) is 28.5 Å². The van der Waals surface area contributed by atoms with Gasteiger partial charge in [-0.3, -0.25) is 4.79 Å². The third-order valence-electron chi connectivity index (χ3n) is 5.67. The van der Waals surface area contributed by atoms with Gasteiger partial charge in [0, 0.05) is 13.2 Å². The number of hydrogen-bond donors (Lipinski definition) is 0. The Hall–Kier alpha value is -3.85. The van der Waals surface area contributed by atoms with Gasteiger partial charge in [0.1, 0.15) is 23.1 Å². The maximum absolute atomic E-state index is 13.2. The zero-order valence-corrected chi connectivity index (χ0v) is 21.0. The standard InChI is InChI=1S/C27H23ClF3N3O3/c1-4-18-12-20(37-25-22(28)13-19(14-32-25)27(29,30)31)10-11-21(18)23-24(16(2)33-34(3)26(23)35)36-15-17-8-6-5-7-9-17/h5-14H,4,15H2,1-3H3. The molecule has 0 amide bonds. The summed E-state index contributed by atoms with van der Waals surface area (Å²) in [5.74, 6) is 0.527. The van der Waals surface area contributed by atoms with Gasteiger partial charge in [0.2, 0.25) is 5.88 Å². The number of rotatable bonds is 7. The minimum atomic E-state index is -4.57. The Morgan fingerprint density at radius 3 is 2.46 bits per heavy atom. The van der Waals surface area contributed by atoms with Gasteiger partial charge in [-0.25, -0.2) is 9.67 Å². The third kappa shape index (κ3) is 5.77. The molecule has 0 saturated carbocycles. The molecule has 192 valence electrons. The van der Waals surface area contributed by atoms with Gasteiger partial charge in [-0.05, 0) is 48.2 Å². The molecule has 0 unspecified atom stereocenters. The van der Waals surface area contributed by atoms with Crippen LogP contribution in [0.4, 0.5) is 13.2 Å². The molecule has 0 radical (unpaired) electrons. The van der Waals surface area contributed by atoms with Crippen LogP contribution in [0, 0.1) is 6.92 Å². The molecule has 6 nitrogen and oxygen atoms in total. The van der Waals surface area contributed by atoms with Gasteiger partial charge in [0.25, 0.3) is 5.56 Å². The number of ether oxygens (including phenoxy) is 2. The van der Waals surface area contributed by atoms with Gasteiger partial charge in [-0.15, -0.1) is 0 Å². The van der Waals surface area contributed by atoms with E-state index in [4.69, 9.17) is 21.1 Å². The fourth-order valence-corrected chi connectivity index (χ4v) is 4.04. The van der Waals surface area contributed by atoms with Crippen LogP contribution in [0.25, 0.3) is 11.1 Å². The predicted molar refractivity (Wildman–Crippen MR) is 134 cm³/mol. The summed E-state index contributed by atoms with van der Waals surface area (Å²) in [6.07, 6.45) is -3.37. The van der Waals surface area contributed by atoms with Crippen LogP contribution in [0.3, 0.4) is 0 Å². The highest BCUT2D eigenvalue weighted by Gasteiger charge is 2.32. The molecule has 0 N–H and O–H groups in total. The molecule has 10 heteroatoms. The number of hydrogen-bond acceptors (Lipinski definition) is 5. The summed E-state index contributed by atoms with van der Waals surface area (Å²) >= 11 is 5.99. The lowest BCUT2D eigenvalue weighted by Gasteiger charge is -2.17. The first-order valence-corrected chi connectivity index (χ1v) is 11.7. The first-order chi connectivity index (χ1) is 17.6. The Balaban J connectivity index is 1.71. The van der Waals surface area contributed by atoms with Crippen molar-refractivity contribution >= 4 is 11.6 Å². The number of halogens is 4. The molecule has 0 bridgehead atoms. The average Bonchev–Trinajstić information content (AvgIpc) is 2.86. The van der Waals surface area contributed by atoms with Gasteiger partial charge in [0.05, 0.1) is 11.1 Å². The Morgan fingerprint density at radius 2 is 1.81 bits per heavy atom. The Kier molecular flexibility index (Phi) is 7.54. The fraction of sp³-hybridized carbons (Fsp3) is 0.222. The van der Waals surface area contributed by atoms with Crippen molar-refractivity contribution in [3.05, 3.63) is 98.6 Å². The minimum Gasteiger partial charge on any atom is -0.486 e. The Morgan fingerprint density at radius 1 is 1.08 bits per heavy atom. The summed E-state index contributed by atoms with van der Waals surface area (Å²) < 4.78 is 51.8. The number of nitrogens with zero attached hydrogens (tertiary/aromatic N) is 3. The van der Waals surface area contributed by atoms with Gasteiger partial charge in [0.15, 0.2) is 5.75 Å². The Labute approximate surface area is 216 Å². The van der Waals surface area contributed by atoms with E-state index in [2.05, 4.69) is 10.1 Å². The summed E-state index contributed by atoms with van der Waals surface area (Å²) in [5.41, 5.74) is 1.94. The van der Waals surface area contributed by atoms with E-state index in [-0.39, 0.29) is 23.1 Å². The molecule has 2 heterocycles. The lowest BCUT2D eigenvalue weighted by molar-refractivity contribution is -0.137. The van der Waals surface area contributed by atoms with Gasteiger partial charge in [-0.2, -0.15) is 18.3 Å². The zero-order chi connectivity index (χ0) is 26.7. The molecule has 2 aromatic carbocycles. The summed E-state index contributed by atoms with van der Waals surface area (Å²) in [6.45, 7) is 3.93. The van der Waals surface area contributed by atoms with Crippen molar-refractivity contribution in [2.75, 3.05) is 0 Å². The van der Waals surface area contributed by atoms with E-state index in [1.165, 1.54) is 4.68 Å². The highest BCUT2D eigenvalue weighted by Crippen LogP contribution is 2.37. The second kappa shape index (κ2) is 10.6. The molecule has 0 aliphatic heterocycles. The lowest BCUT2D eigenvalue weighted by Crippen LogP contribution is -2.24. The lowest BCUT2D eigenvalue weighted by atomic mass is 9.97. The van der Waals surface area contributed by atoms with Crippen LogP contribution in [0.1, 0.15) is 29.3 Å². The third-order valence-corrected chi connectivity index (χ3v) is 5.94. The molecular weight excluding hydrogens is 507 g/mol. The highest BCUT2D eigenvalue weighted by molar-refractivity contribution is 6.31. The van der Waals surface area contributed by atoms with Crippen LogP contribution in [-0.2, 0) is 26.3 Å². The number of benzene rings is 2. The molecule has 0 saturated heterocycles. The quantitative estimate of drug-likeness (QED) is 0.265. The maximum Gasteiger partial charge on any atom is 0.417 e. The van der Waals surface area contributed by atoms with Gasteiger partial charge >= 0.3 is 6.18 Å². The topological polar surface area (TPSA) is 66.2 Å². The molecule has 0 aliphatic rings. The molecule has 4 aromatic rings. The largest absolute Gasteiger partial charge is 0.486 e. The van der Waals surface area contributed by atoms with E-state index >= 15 is 0 Å². The first kappa shape index (κ1) is 26.2. The van der Waals surface area contributed by atoms with E-state index in [1.807, 2.05) is 37.3 Å². The van der Waals surface area contributed by atoms with Crippen molar-refractivity contribution in [1.29, 1.82) is 0 Å². The molecule has 2 aromatic heterocycles. The zero-order valence-electron chi connectivity index (χ0n) is 20.3. The van der Waals surface area contributed by atoms with Crippen molar-refractivity contribution < 1.29 is 22.6 Å². The van der Waals surface area contributed by atoms with Crippen molar-refractivity contribution in [1.82, 2.24) is 14.8 Å². The summed E-state index contributed by atoms with van der Waals surface area (Å²) in [5, 5.41) is 4.01. The van der Waals surface area contributed by atoms with E-state index in [0.717, 1.165) is 17.2 Å². The second-order valence-corrected chi connectivity index (χ2v) is 8.68. The second-order valence-electron chi connectivity index (χ2n) is 8.28. The van der Waals surface area contributed by atoms with Crippen LogP contribution < -0.4 is 15.0 Å². The number of aryl methyl sites for hydroxylation is 3. The SMILES string of the molecule is CCc1cc(Oc2ncc(C(F)(F)F)cc2Cl)ccc1-c1c(OCc2ccccc2)c(C)nn(C)c1=O. The van der Waals surface area contributed by atoms with Crippen LogP contribution >= 0.6 is 11.6 Å². The van der Waals surface area contributed by atoms with Crippen LogP contribution in [0.2, 0.25) is 5.02 Å². The highest BCUT2D eigenvalue weighted by atomic mass is 35.5. The number of alkyl halides is 3. The molecule has 0 atom stereocenters. The van der Waals surface area contributed by atoms with Gasteiger partial charge < -0.3 is 9.47 Å². The van der Waals surface area contributed by atoms with Crippen molar-refractivity contribution in [2.24, 2.45) is 7.05 Å². The average molecular weight is 530 g/mol. The molecular formula is C27H23ClF3N3O3. The first-order valence-electron chi connectivity index (χ1n) is 11.4. The van der Waals surface area contributed by atoms with E-state index < -0.39 is 11.7 Å². The summed E-state index contributed by atoms with van der Waals surface area (Å²) in [6, 6.07) is 15.3.